The lowest BCUT2D eigenvalue weighted by atomic mass is 10.1. The highest BCUT2D eigenvalue weighted by atomic mass is 35.5. The SMILES string of the molecule is CCc1ccc(CN(C)[C@H](C)C(=O)Nc2ccc(F)cc2Cl)cc1. The number of nitrogens with one attached hydrogen (secondary N) is 1. The van der Waals surface area contributed by atoms with Gasteiger partial charge in [-0.2, -0.15) is 0 Å². The molecule has 1 atom stereocenters. The Kier molecular flexibility index (Phi) is 6.35. The molecule has 0 spiro atoms. The zero-order valence-corrected chi connectivity index (χ0v) is 14.9. The van der Waals surface area contributed by atoms with Gasteiger partial charge >= 0.3 is 0 Å². The lowest BCUT2D eigenvalue weighted by molar-refractivity contribution is -0.120. The monoisotopic (exact) mass is 348 g/mol. The highest BCUT2D eigenvalue weighted by Gasteiger charge is 2.19. The molecule has 0 aliphatic heterocycles. The first-order chi connectivity index (χ1) is 11.4. The van der Waals surface area contributed by atoms with Crippen molar-refractivity contribution in [3.05, 3.63) is 64.4 Å². The van der Waals surface area contributed by atoms with Gasteiger partial charge in [-0.15, -0.1) is 0 Å². The zero-order chi connectivity index (χ0) is 17.7. The van der Waals surface area contributed by atoms with Crippen LogP contribution in [0, 0.1) is 5.82 Å². The van der Waals surface area contributed by atoms with Crippen LogP contribution in [0.3, 0.4) is 0 Å². The van der Waals surface area contributed by atoms with E-state index in [-0.39, 0.29) is 17.0 Å². The molecule has 0 radical (unpaired) electrons. The van der Waals surface area contributed by atoms with Gasteiger partial charge in [-0.25, -0.2) is 4.39 Å². The maximum absolute atomic E-state index is 13.1. The normalized spacial score (nSPS) is 12.2. The van der Waals surface area contributed by atoms with E-state index in [9.17, 15) is 9.18 Å². The highest BCUT2D eigenvalue weighted by molar-refractivity contribution is 6.33. The maximum Gasteiger partial charge on any atom is 0.241 e. The molecule has 0 saturated heterocycles. The summed E-state index contributed by atoms with van der Waals surface area (Å²) in [6.45, 7) is 4.61. The Labute approximate surface area is 147 Å². The molecule has 0 unspecified atom stereocenters. The number of carbonyl (C=O) groups is 1. The highest BCUT2D eigenvalue weighted by Crippen LogP contribution is 2.23. The Morgan fingerprint density at radius 3 is 2.42 bits per heavy atom. The van der Waals surface area contributed by atoms with Gasteiger partial charge < -0.3 is 5.32 Å². The summed E-state index contributed by atoms with van der Waals surface area (Å²) in [4.78, 5) is 14.3. The summed E-state index contributed by atoms with van der Waals surface area (Å²) in [5.41, 5.74) is 2.85. The maximum atomic E-state index is 13.1. The Balaban J connectivity index is 1.98. The number of carbonyl (C=O) groups excluding carboxylic acids is 1. The zero-order valence-electron chi connectivity index (χ0n) is 14.1. The summed E-state index contributed by atoms with van der Waals surface area (Å²) in [5, 5.41) is 2.93. The average molecular weight is 349 g/mol. The van der Waals surface area contributed by atoms with Crippen LogP contribution in [0.15, 0.2) is 42.5 Å². The van der Waals surface area contributed by atoms with Crippen molar-refractivity contribution < 1.29 is 9.18 Å². The summed E-state index contributed by atoms with van der Waals surface area (Å²) >= 11 is 5.95. The molecule has 2 rings (SSSR count). The van der Waals surface area contributed by atoms with Crippen LogP contribution in [-0.2, 0) is 17.8 Å². The molecular formula is C19H22ClFN2O. The first-order valence-electron chi connectivity index (χ1n) is 7.94. The van der Waals surface area contributed by atoms with Gasteiger partial charge in [0.1, 0.15) is 5.82 Å². The predicted molar refractivity (Wildman–Crippen MR) is 96.8 cm³/mol. The Morgan fingerprint density at radius 2 is 1.83 bits per heavy atom. The minimum atomic E-state index is -0.432. The third-order valence-corrected chi connectivity index (χ3v) is 4.41. The molecule has 1 N–H and O–H groups in total. The van der Waals surface area contributed by atoms with Crippen LogP contribution in [0.4, 0.5) is 10.1 Å². The van der Waals surface area contributed by atoms with Gasteiger partial charge in [0.2, 0.25) is 5.91 Å². The quantitative estimate of drug-likeness (QED) is 0.833. The van der Waals surface area contributed by atoms with Crippen LogP contribution in [0.5, 0.6) is 0 Å². The molecule has 0 aliphatic carbocycles. The molecule has 0 aliphatic rings. The fourth-order valence-corrected chi connectivity index (χ4v) is 2.55. The van der Waals surface area contributed by atoms with E-state index < -0.39 is 5.82 Å². The Bertz CT molecular complexity index is 703. The van der Waals surface area contributed by atoms with E-state index in [1.54, 1.807) is 0 Å². The standard InChI is InChI=1S/C19H22ClFN2O/c1-4-14-5-7-15(8-6-14)12-23(3)13(2)19(24)22-18-10-9-16(21)11-17(18)20/h5-11,13H,4,12H2,1-3H3,(H,22,24)/t13-/m1/s1. The number of amides is 1. The van der Waals surface area contributed by atoms with Crippen molar-refractivity contribution in [1.29, 1.82) is 0 Å². The summed E-state index contributed by atoms with van der Waals surface area (Å²) in [7, 11) is 1.89. The average Bonchev–Trinajstić information content (AvgIpc) is 2.57. The second-order valence-corrected chi connectivity index (χ2v) is 6.28. The van der Waals surface area contributed by atoms with E-state index in [4.69, 9.17) is 11.6 Å². The first-order valence-corrected chi connectivity index (χ1v) is 8.32. The summed E-state index contributed by atoms with van der Waals surface area (Å²) in [6.07, 6.45) is 1.01. The van der Waals surface area contributed by atoms with E-state index in [1.165, 1.54) is 23.8 Å². The molecule has 2 aromatic carbocycles. The van der Waals surface area contributed by atoms with Gasteiger partial charge in [0.25, 0.3) is 0 Å². The molecule has 128 valence electrons. The van der Waals surface area contributed by atoms with E-state index in [0.717, 1.165) is 12.0 Å². The van der Waals surface area contributed by atoms with Crippen LogP contribution >= 0.6 is 11.6 Å². The molecule has 0 heterocycles. The summed E-state index contributed by atoms with van der Waals surface area (Å²) in [6, 6.07) is 11.9. The third kappa shape index (κ3) is 4.79. The lowest BCUT2D eigenvalue weighted by Crippen LogP contribution is -2.39. The fourth-order valence-electron chi connectivity index (χ4n) is 2.33. The summed E-state index contributed by atoms with van der Waals surface area (Å²) in [5.74, 6) is -0.616. The molecular weight excluding hydrogens is 327 g/mol. The number of anilines is 1. The second kappa shape index (κ2) is 8.27. The molecule has 2 aromatic rings. The van der Waals surface area contributed by atoms with E-state index in [1.807, 2.05) is 18.9 Å². The number of hydrogen-bond donors (Lipinski definition) is 1. The second-order valence-electron chi connectivity index (χ2n) is 5.87. The van der Waals surface area contributed by atoms with Crippen LogP contribution in [0.25, 0.3) is 0 Å². The van der Waals surface area contributed by atoms with Crippen molar-refractivity contribution in [2.75, 3.05) is 12.4 Å². The van der Waals surface area contributed by atoms with E-state index >= 15 is 0 Å². The van der Waals surface area contributed by atoms with Gasteiger partial charge in [-0.3, -0.25) is 9.69 Å². The number of rotatable bonds is 6. The van der Waals surface area contributed by atoms with Crippen molar-refractivity contribution in [2.24, 2.45) is 0 Å². The molecule has 24 heavy (non-hydrogen) atoms. The first kappa shape index (κ1) is 18.4. The number of likely N-dealkylation sites (N-methyl/N-ethyl adjacent to an activating group) is 1. The predicted octanol–water partition coefficient (Wildman–Crippen LogP) is 4.50. The number of aryl methyl sites for hydroxylation is 1. The lowest BCUT2D eigenvalue weighted by Gasteiger charge is -2.24. The van der Waals surface area contributed by atoms with Gasteiger partial charge in [-0.1, -0.05) is 42.8 Å². The molecule has 0 aromatic heterocycles. The smallest absolute Gasteiger partial charge is 0.241 e. The Morgan fingerprint density at radius 1 is 1.21 bits per heavy atom. The third-order valence-electron chi connectivity index (χ3n) is 4.09. The molecule has 5 heteroatoms. The van der Waals surface area contributed by atoms with Gasteiger partial charge in [-0.05, 0) is 49.7 Å². The number of halogens is 2. The van der Waals surface area contributed by atoms with Crippen LogP contribution in [-0.4, -0.2) is 23.9 Å². The number of hydrogen-bond acceptors (Lipinski definition) is 2. The van der Waals surface area contributed by atoms with Crippen molar-refractivity contribution >= 4 is 23.2 Å². The van der Waals surface area contributed by atoms with Crippen LogP contribution in [0.1, 0.15) is 25.0 Å². The molecule has 3 nitrogen and oxygen atoms in total. The molecule has 1 amide bonds. The van der Waals surface area contributed by atoms with Crippen molar-refractivity contribution in [3.63, 3.8) is 0 Å². The molecule has 0 bridgehead atoms. The van der Waals surface area contributed by atoms with Gasteiger partial charge in [0.05, 0.1) is 16.8 Å². The van der Waals surface area contributed by atoms with Crippen molar-refractivity contribution in [3.8, 4) is 0 Å². The van der Waals surface area contributed by atoms with Crippen molar-refractivity contribution in [2.45, 2.75) is 32.9 Å². The van der Waals surface area contributed by atoms with E-state index in [0.29, 0.717) is 12.2 Å². The fraction of sp³-hybridized carbons (Fsp3) is 0.316. The van der Waals surface area contributed by atoms with Crippen LogP contribution in [0.2, 0.25) is 5.02 Å². The van der Waals surface area contributed by atoms with Gasteiger partial charge in [0, 0.05) is 6.54 Å². The van der Waals surface area contributed by atoms with Crippen LogP contribution < -0.4 is 5.32 Å². The summed E-state index contributed by atoms with van der Waals surface area (Å²) < 4.78 is 13.1. The molecule has 0 saturated carbocycles. The number of nitrogens with zero attached hydrogens (tertiary/aromatic N) is 1. The minimum absolute atomic E-state index is 0.184. The van der Waals surface area contributed by atoms with Gasteiger partial charge in [0.15, 0.2) is 0 Å². The Hall–Kier alpha value is -1.91. The minimum Gasteiger partial charge on any atom is -0.323 e. The topological polar surface area (TPSA) is 32.3 Å². The molecule has 0 fully saturated rings. The number of benzene rings is 2. The van der Waals surface area contributed by atoms with E-state index in [2.05, 4.69) is 36.5 Å². The largest absolute Gasteiger partial charge is 0.323 e. The van der Waals surface area contributed by atoms with Crippen molar-refractivity contribution in [1.82, 2.24) is 4.90 Å².